The summed E-state index contributed by atoms with van der Waals surface area (Å²) in [5.41, 5.74) is -2.14. The van der Waals surface area contributed by atoms with E-state index in [0.29, 0.717) is 12.0 Å². The smallest absolute Gasteiger partial charge is 0.308 e. The Kier molecular flexibility index (Phi) is 6.57. The maximum Gasteiger partial charge on any atom is 0.308 e. The molecule has 144 valence electrons. The normalized spacial score (nSPS) is 16.1. The number of halogens is 3. The molecule has 1 saturated heterocycles. The van der Waals surface area contributed by atoms with Crippen LogP contribution in [0.1, 0.15) is 37.0 Å². The Balaban J connectivity index is 1.98. The first kappa shape index (κ1) is 20.2. The summed E-state index contributed by atoms with van der Waals surface area (Å²) in [7, 11) is 0. The van der Waals surface area contributed by atoms with Gasteiger partial charge in [0, 0.05) is 19.2 Å². The van der Waals surface area contributed by atoms with E-state index in [1.165, 1.54) is 0 Å². The summed E-state index contributed by atoms with van der Waals surface area (Å²) in [6.45, 7) is 7.32. The number of hydrogen-bond acceptors (Lipinski definition) is 4. The van der Waals surface area contributed by atoms with Crippen LogP contribution < -0.4 is 5.32 Å². The first-order valence-corrected chi connectivity index (χ1v) is 8.53. The van der Waals surface area contributed by atoms with Crippen LogP contribution in [0, 0.1) is 39.4 Å². The fraction of sp³-hybridized carbons (Fsp3) is 0.588. The molecule has 1 aliphatic heterocycles. The van der Waals surface area contributed by atoms with Crippen LogP contribution in [0.25, 0.3) is 0 Å². The van der Waals surface area contributed by atoms with Crippen molar-refractivity contribution in [3.63, 3.8) is 0 Å². The molecule has 0 saturated carbocycles. The average Bonchev–Trinajstić information content (AvgIpc) is 2.58. The van der Waals surface area contributed by atoms with E-state index < -0.39 is 39.5 Å². The third-order valence-electron chi connectivity index (χ3n) is 4.45. The molecule has 1 fully saturated rings. The highest BCUT2D eigenvalue weighted by molar-refractivity contribution is 5.95. The summed E-state index contributed by atoms with van der Waals surface area (Å²) >= 11 is 0. The van der Waals surface area contributed by atoms with Gasteiger partial charge in [-0.25, -0.2) is 8.78 Å². The lowest BCUT2D eigenvalue weighted by Gasteiger charge is -2.33. The monoisotopic (exact) mass is 373 g/mol. The topological polar surface area (TPSA) is 75.5 Å². The van der Waals surface area contributed by atoms with Gasteiger partial charge in [-0.2, -0.15) is 4.39 Å². The first-order chi connectivity index (χ1) is 12.2. The zero-order valence-corrected chi connectivity index (χ0v) is 14.7. The standard InChI is InChI=1S/C17H22F3N3O3/c1-10(2)9-22-5-3-11(4-6-22)8-21-17(24)12-7-13(23(25)26)15(19)16(20)14(12)18/h7,10-11H,3-6,8-9H2,1-2H3,(H,21,24). The van der Waals surface area contributed by atoms with Crippen LogP contribution in [0.5, 0.6) is 0 Å². The van der Waals surface area contributed by atoms with Crippen molar-refractivity contribution >= 4 is 11.6 Å². The van der Waals surface area contributed by atoms with E-state index in [4.69, 9.17) is 0 Å². The molecule has 1 aromatic rings. The molecule has 0 bridgehead atoms. The molecule has 9 heteroatoms. The predicted molar refractivity (Wildman–Crippen MR) is 89.3 cm³/mol. The van der Waals surface area contributed by atoms with Crippen molar-refractivity contribution in [2.45, 2.75) is 26.7 Å². The molecule has 1 aromatic carbocycles. The molecule has 26 heavy (non-hydrogen) atoms. The van der Waals surface area contributed by atoms with E-state index >= 15 is 0 Å². The number of piperidine rings is 1. The third-order valence-corrected chi connectivity index (χ3v) is 4.45. The highest BCUT2D eigenvalue weighted by atomic mass is 19.2. The maximum atomic E-state index is 13.8. The van der Waals surface area contributed by atoms with Crippen molar-refractivity contribution in [1.29, 1.82) is 0 Å². The highest BCUT2D eigenvalue weighted by Crippen LogP contribution is 2.25. The average molecular weight is 373 g/mol. The molecule has 0 unspecified atom stereocenters. The minimum absolute atomic E-state index is 0.186. The number of nitro benzene ring substituents is 1. The fourth-order valence-corrected chi connectivity index (χ4v) is 3.11. The Morgan fingerprint density at radius 2 is 1.88 bits per heavy atom. The number of benzene rings is 1. The van der Waals surface area contributed by atoms with Gasteiger partial charge in [0.25, 0.3) is 5.91 Å². The van der Waals surface area contributed by atoms with Gasteiger partial charge in [-0.05, 0) is 37.8 Å². The van der Waals surface area contributed by atoms with E-state index in [1.54, 1.807) is 0 Å². The summed E-state index contributed by atoms with van der Waals surface area (Å²) in [6, 6.07) is 0.425. The molecule has 1 N–H and O–H groups in total. The molecule has 1 amide bonds. The molecular formula is C17H22F3N3O3. The van der Waals surface area contributed by atoms with Crippen molar-refractivity contribution in [2.75, 3.05) is 26.2 Å². The van der Waals surface area contributed by atoms with Crippen LogP contribution in [-0.4, -0.2) is 41.9 Å². The second-order valence-electron chi connectivity index (χ2n) is 6.99. The molecule has 1 aliphatic rings. The largest absolute Gasteiger partial charge is 0.352 e. The third kappa shape index (κ3) is 4.72. The Morgan fingerprint density at radius 3 is 2.42 bits per heavy atom. The Hall–Kier alpha value is -2.16. The highest BCUT2D eigenvalue weighted by Gasteiger charge is 2.29. The Morgan fingerprint density at radius 1 is 1.27 bits per heavy atom. The van der Waals surface area contributed by atoms with Crippen molar-refractivity contribution in [1.82, 2.24) is 10.2 Å². The van der Waals surface area contributed by atoms with Gasteiger partial charge in [0.2, 0.25) is 11.6 Å². The molecule has 1 heterocycles. The summed E-state index contributed by atoms with van der Waals surface area (Å²) in [5, 5.41) is 13.2. The summed E-state index contributed by atoms with van der Waals surface area (Å²) in [5.74, 6) is -5.90. The molecule has 2 rings (SSSR count). The van der Waals surface area contributed by atoms with Gasteiger partial charge < -0.3 is 10.2 Å². The van der Waals surface area contributed by atoms with Gasteiger partial charge >= 0.3 is 5.69 Å². The SMILES string of the molecule is CC(C)CN1CCC(CNC(=O)c2cc([N+](=O)[O-])c(F)c(F)c2F)CC1. The van der Waals surface area contributed by atoms with Crippen LogP contribution >= 0.6 is 0 Å². The van der Waals surface area contributed by atoms with Crippen LogP contribution in [0.2, 0.25) is 0 Å². The van der Waals surface area contributed by atoms with Crippen LogP contribution in [0.15, 0.2) is 6.07 Å². The fourth-order valence-electron chi connectivity index (χ4n) is 3.11. The minimum atomic E-state index is -2.02. The van der Waals surface area contributed by atoms with Gasteiger partial charge in [-0.1, -0.05) is 13.8 Å². The lowest BCUT2D eigenvalue weighted by Crippen LogP contribution is -2.40. The molecule has 0 atom stereocenters. The zero-order chi connectivity index (χ0) is 19.4. The van der Waals surface area contributed by atoms with Crippen molar-refractivity contribution in [3.8, 4) is 0 Å². The number of hydrogen-bond donors (Lipinski definition) is 1. The number of nitrogens with zero attached hydrogens (tertiary/aromatic N) is 2. The lowest BCUT2D eigenvalue weighted by atomic mass is 9.96. The number of nitro groups is 1. The van der Waals surface area contributed by atoms with Gasteiger partial charge in [0.1, 0.15) is 0 Å². The van der Waals surface area contributed by atoms with E-state index in [2.05, 4.69) is 24.1 Å². The van der Waals surface area contributed by atoms with Crippen LogP contribution in [0.3, 0.4) is 0 Å². The molecular weight excluding hydrogens is 351 g/mol. The molecule has 0 radical (unpaired) electrons. The molecule has 0 aliphatic carbocycles. The number of rotatable bonds is 6. The van der Waals surface area contributed by atoms with E-state index in [-0.39, 0.29) is 12.5 Å². The van der Waals surface area contributed by atoms with Gasteiger partial charge in [0.05, 0.1) is 10.5 Å². The summed E-state index contributed by atoms with van der Waals surface area (Å²) < 4.78 is 40.6. The van der Waals surface area contributed by atoms with Crippen molar-refractivity contribution in [3.05, 3.63) is 39.2 Å². The first-order valence-electron chi connectivity index (χ1n) is 8.53. The summed E-state index contributed by atoms with van der Waals surface area (Å²) in [6.07, 6.45) is 1.71. The van der Waals surface area contributed by atoms with Crippen LogP contribution in [-0.2, 0) is 0 Å². The van der Waals surface area contributed by atoms with Crippen LogP contribution in [0.4, 0.5) is 18.9 Å². The second-order valence-corrected chi connectivity index (χ2v) is 6.99. The minimum Gasteiger partial charge on any atom is -0.352 e. The number of likely N-dealkylation sites (tertiary alicyclic amines) is 1. The Labute approximate surface area is 149 Å². The molecule has 0 aromatic heterocycles. The van der Waals surface area contributed by atoms with Gasteiger partial charge in [0.15, 0.2) is 5.82 Å². The van der Waals surface area contributed by atoms with E-state index in [1.807, 2.05) is 0 Å². The number of carbonyl (C=O) groups is 1. The molecule has 0 spiro atoms. The van der Waals surface area contributed by atoms with Crippen molar-refractivity contribution < 1.29 is 22.9 Å². The maximum absolute atomic E-state index is 13.8. The lowest BCUT2D eigenvalue weighted by molar-refractivity contribution is -0.387. The number of nitrogens with one attached hydrogen (secondary N) is 1. The van der Waals surface area contributed by atoms with Gasteiger partial charge in [-0.3, -0.25) is 14.9 Å². The van der Waals surface area contributed by atoms with Crippen molar-refractivity contribution in [2.24, 2.45) is 11.8 Å². The number of carbonyl (C=O) groups excluding carboxylic acids is 1. The quantitative estimate of drug-likeness (QED) is 0.472. The predicted octanol–water partition coefficient (Wildman–Crippen LogP) is 3.11. The zero-order valence-electron chi connectivity index (χ0n) is 14.7. The molecule has 6 nitrogen and oxygen atoms in total. The summed E-state index contributed by atoms with van der Waals surface area (Å²) in [4.78, 5) is 23.9. The van der Waals surface area contributed by atoms with Gasteiger partial charge in [-0.15, -0.1) is 0 Å². The van der Waals surface area contributed by atoms with E-state index in [9.17, 15) is 28.1 Å². The Bertz CT molecular complexity index is 690. The number of amides is 1. The second kappa shape index (κ2) is 8.48. The van der Waals surface area contributed by atoms with E-state index in [0.717, 1.165) is 32.5 Å².